The number of H-pyrrole nitrogens is 1. The summed E-state index contributed by atoms with van der Waals surface area (Å²) in [4.78, 5) is 73.0. The molecular weight excluding hydrogens is 546 g/mol. The predicted octanol–water partition coefficient (Wildman–Crippen LogP) is 1.88. The average Bonchev–Trinajstić information content (AvgIpc) is 3.61. The standard InChI is InChI=1S/C28H37N7O5S/c1-3-18(2)24-26(38)30-11-6-14-35-22-15-19(8-9-20(22)32-28(35)40)25(37)29-10-5-13-34(12-4-7-23(36)33-24)27(39)21-16-41-17-31-21/h8-9,15-18,24H,3-7,10-14H2,1-2H3,(H,29,37)(H,30,38)(H,32,40)(H,33,36)/t18-,24-/m0/s1. The Labute approximate surface area is 241 Å². The van der Waals surface area contributed by atoms with E-state index in [1.165, 1.54) is 11.3 Å². The van der Waals surface area contributed by atoms with Crippen LogP contribution >= 0.6 is 11.3 Å². The van der Waals surface area contributed by atoms with Crippen LogP contribution < -0.4 is 21.6 Å². The molecule has 12 nitrogen and oxygen atoms in total. The van der Waals surface area contributed by atoms with Gasteiger partial charge in [0.15, 0.2) is 0 Å². The Kier molecular flexibility index (Phi) is 10.3. The van der Waals surface area contributed by atoms with Crippen LogP contribution in [0.2, 0.25) is 0 Å². The number of nitrogens with one attached hydrogen (secondary N) is 4. The molecule has 0 saturated heterocycles. The second-order valence-corrected chi connectivity index (χ2v) is 11.0. The van der Waals surface area contributed by atoms with Crippen molar-refractivity contribution >= 4 is 46.0 Å². The number of hydrogen-bond acceptors (Lipinski definition) is 7. The first-order valence-electron chi connectivity index (χ1n) is 14.0. The largest absolute Gasteiger partial charge is 0.354 e. The number of aryl methyl sites for hydroxylation is 1. The molecule has 220 valence electrons. The van der Waals surface area contributed by atoms with E-state index in [0.29, 0.717) is 80.7 Å². The van der Waals surface area contributed by atoms with Crippen LogP contribution in [0.15, 0.2) is 33.9 Å². The van der Waals surface area contributed by atoms with E-state index in [1.807, 2.05) is 13.8 Å². The summed E-state index contributed by atoms with van der Waals surface area (Å²) in [5, 5.41) is 10.3. The Morgan fingerprint density at radius 1 is 1.07 bits per heavy atom. The fourth-order valence-corrected chi connectivity index (χ4v) is 5.35. The molecule has 1 aliphatic rings. The first-order chi connectivity index (χ1) is 19.8. The number of aromatic nitrogens is 3. The summed E-state index contributed by atoms with van der Waals surface area (Å²) in [5.41, 5.74) is 3.28. The Balaban J connectivity index is 1.55. The molecule has 3 aromatic rings. The van der Waals surface area contributed by atoms with Crippen LogP contribution in [0.1, 0.15) is 66.8 Å². The Morgan fingerprint density at radius 2 is 1.83 bits per heavy atom. The summed E-state index contributed by atoms with van der Waals surface area (Å²) in [6.45, 7) is 5.57. The van der Waals surface area contributed by atoms with Crippen molar-refractivity contribution in [1.82, 2.24) is 35.4 Å². The molecule has 0 saturated carbocycles. The fraction of sp³-hybridized carbons (Fsp3) is 0.500. The summed E-state index contributed by atoms with van der Waals surface area (Å²) < 4.78 is 1.55. The zero-order valence-electron chi connectivity index (χ0n) is 23.4. The molecule has 0 unspecified atom stereocenters. The van der Waals surface area contributed by atoms with Crippen LogP contribution in [0.5, 0.6) is 0 Å². The van der Waals surface area contributed by atoms with Crippen molar-refractivity contribution in [1.29, 1.82) is 0 Å². The molecule has 41 heavy (non-hydrogen) atoms. The number of aromatic amines is 1. The number of carbonyl (C=O) groups is 4. The van der Waals surface area contributed by atoms with Gasteiger partial charge in [-0.15, -0.1) is 11.3 Å². The van der Waals surface area contributed by atoms with E-state index >= 15 is 0 Å². The first kappa shape index (κ1) is 30.0. The lowest BCUT2D eigenvalue weighted by molar-refractivity contribution is -0.130. The molecule has 13 heteroatoms. The van der Waals surface area contributed by atoms with Gasteiger partial charge in [-0.25, -0.2) is 9.78 Å². The van der Waals surface area contributed by atoms with Crippen LogP contribution in [0.4, 0.5) is 0 Å². The molecule has 0 fully saturated rings. The number of nitrogens with zero attached hydrogens (tertiary/aromatic N) is 3. The lowest BCUT2D eigenvalue weighted by atomic mass is 9.98. The normalized spacial score (nSPS) is 19.2. The SMILES string of the molecule is CC[C@H](C)[C@@H]1NC(=O)CCCN(C(=O)c2cscn2)CCCNC(=O)c2ccc3[nH]c(=O)n(c3c2)CCCNC1=O. The van der Waals surface area contributed by atoms with Crippen molar-refractivity contribution in [3.8, 4) is 0 Å². The number of benzene rings is 1. The maximum Gasteiger partial charge on any atom is 0.326 e. The van der Waals surface area contributed by atoms with Gasteiger partial charge in [-0.1, -0.05) is 20.3 Å². The summed E-state index contributed by atoms with van der Waals surface area (Å²) in [6.07, 6.45) is 2.25. The molecule has 1 aromatic carbocycles. The number of carbonyl (C=O) groups excluding carboxylic acids is 4. The van der Waals surface area contributed by atoms with Crippen LogP contribution in [0.3, 0.4) is 0 Å². The van der Waals surface area contributed by atoms with Gasteiger partial charge in [0, 0.05) is 50.1 Å². The summed E-state index contributed by atoms with van der Waals surface area (Å²) in [6, 6.07) is 4.35. The van der Waals surface area contributed by atoms with Gasteiger partial charge in [0.05, 0.1) is 16.5 Å². The van der Waals surface area contributed by atoms with E-state index in [4.69, 9.17) is 0 Å². The van der Waals surface area contributed by atoms with Crippen molar-refractivity contribution in [3.63, 3.8) is 0 Å². The molecular formula is C28H37N7O5S. The Bertz CT molecular complexity index is 1430. The van der Waals surface area contributed by atoms with E-state index in [-0.39, 0.29) is 41.7 Å². The van der Waals surface area contributed by atoms with E-state index in [0.717, 1.165) is 0 Å². The lowest BCUT2D eigenvalue weighted by Gasteiger charge is -2.24. The van der Waals surface area contributed by atoms with E-state index in [9.17, 15) is 24.0 Å². The summed E-state index contributed by atoms with van der Waals surface area (Å²) >= 11 is 1.33. The van der Waals surface area contributed by atoms with Crippen molar-refractivity contribution in [2.45, 2.75) is 58.5 Å². The van der Waals surface area contributed by atoms with E-state index in [2.05, 4.69) is 25.9 Å². The van der Waals surface area contributed by atoms with Gasteiger partial charge in [0.25, 0.3) is 11.8 Å². The zero-order valence-corrected chi connectivity index (χ0v) is 24.2. The summed E-state index contributed by atoms with van der Waals surface area (Å²) in [7, 11) is 0. The van der Waals surface area contributed by atoms with Crippen LogP contribution in [-0.4, -0.2) is 75.3 Å². The van der Waals surface area contributed by atoms with Gasteiger partial charge < -0.3 is 25.8 Å². The summed E-state index contributed by atoms with van der Waals surface area (Å²) in [5.74, 6) is -1.13. The van der Waals surface area contributed by atoms with Crippen molar-refractivity contribution in [3.05, 3.63) is 50.8 Å². The van der Waals surface area contributed by atoms with Crippen LogP contribution in [0, 0.1) is 5.92 Å². The smallest absolute Gasteiger partial charge is 0.326 e. The van der Waals surface area contributed by atoms with Crippen molar-refractivity contribution in [2.24, 2.45) is 5.92 Å². The number of amides is 4. The van der Waals surface area contributed by atoms with Crippen molar-refractivity contribution in [2.75, 3.05) is 26.2 Å². The number of hydrogen-bond donors (Lipinski definition) is 4. The van der Waals surface area contributed by atoms with Gasteiger partial charge in [-0.05, 0) is 43.4 Å². The molecule has 0 aliphatic carbocycles. The first-order valence-corrected chi connectivity index (χ1v) is 15.0. The third-order valence-corrected chi connectivity index (χ3v) is 7.95. The highest BCUT2D eigenvalue weighted by atomic mass is 32.1. The van der Waals surface area contributed by atoms with Gasteiger partial charge in [-0.3, -0.25) is 23.7 Å². The second kappa shape index (κ2) is 14.1. The molecule has 4 rings (SSSR count). The minimum atomic E-state index is -0.690. The maximum absolute atomic E-state index is 13.1. The highest BCUT2D eigenvalue weighted by Gasteiger charge is 2.26. The van der Waals surface area contributed by atoms with Crippen LogP contribution in [-0.2, 0) is 16.1 Å². The minimum Gasteiger partial charge on any atom is -0.354 e. The third-order valence-electron chi connectivity index (χ3n) is 7.37. The maximum atomic E-state index is 13.1. The quantitative estimate of drug-likeness (QED) is 0.369. The second-order valence-electron chi connectivity index (χ2n) is 10.3. The molecule has 4 amide bonds. The highest BCUT2D eigenvalue weighted by Crippen LogP contribution is 2.15. The molecule has 2 bridgehead atoms. The topological polar surface area (TPSA) is 158 Å². The highest BCUT2D eigenvalue weighted by molar-refractivity contribution is 7.07. The fourth-order valence-electron chi connectivity index (χ4n) is 4.82. The number of rotatable bonds is 3. The van der Waals surface area contributed by atoms with Crippen molar-refractivity contribution < 1.29 is 19.2 Å². The average molecular weight is 584 g/mol. The van der Waals surface area contributed by atoms with Gasteiger partial charge in [0.1, 0.15) is 11.7 Å². The lowest BCUT2D eigenvalue weighted by Crippen LogP contribution is -2.50. The number of imidazole rings is 1. The Morgan fingerprint density at radius 3 is 2.59 bits per heavy atom. The molecule has 1 aliphatic heterocycles. The van der Waals surface area contributed by atoms with E-state index < -0.39 is 6.04 Å². The zero-order chi connectivity index (χ0) is 29.4. The molecule has 2 aromatic heterocycles. The molecule has 0 radical (unpaired) electrons. The van der Waals surface area contributed by atoms with Gasteiger partial charge >= 0.3 is 5.69 Å². The number of fused-ring (bicyclic) bond motifs is 1. The minimum absolute atomic E-state index is 0.0806. The third kappa shape index (κ3) is 7.60. The molecule has 0 spiro atoms. The van der Waals surface area contributed by atoms with E-state index in [1.54, 1.807) is 38.6 Å². The predicted molar refractivity (Wildman–Crippen MR) is 156 cm³/mol. The molecule has 4 N–H and O–H groups in total. The molecule has 3 heterocycles. The molecule has 2 atom stereocenters. The van der Waals surface area contributed by atoms with Gasteiger partial charge in [0.2, 0.25) is 11.8 Å². The van der Waals surface area contributed by atoms with Gasteiger partial charge in [-0.2, -0.15) is 0 Å². The monoisotopic (exact) mass is 583 g/mol. The Hall–Kier alpha value is -4.00. The number of thiazole rings is 1. The van der Waals surface area contributed by atoms with Crippen LogP contribution in [0.25, 0.3) is 11.0 Å².